The Kier molecular flexibility index (Phi) is 5.36. The van der Waals surface area contributed by atoms with Gasteiger partial charge < -0.3 is 9.64 Å². The van der Waals surface area contributed by atoms with Crippen LogP contribution in [0.3, 0.4) is 0 Å². The van der Waals surface area contributed by atoms with Crippen molar-refractivity contribution in [2.24, 2.45) is 0 Å². The third kappa shape index (κ3) is 4.62. The van der Waals surface area contributed by atoms with E-state index in [0.29, 0.717) is 12.1 Å². The second-order valence-electron chi connectivity index (χ2n) is 7.88. The molecule has 4 rings (SSSR count). The Balaban J connectivity index is 1.59. The first-order valence-electron chi connectivity index (χ1n) is 9.94. The quantitative estimate of drug-likeness (QED) is 0.719. The van der Waals surface area contributed by atoms with Crippen molar-refractivity contribution in [1.82, 2.24) is 9.62 Å². The molecule has 0 heterocycles. The number of ether oxygens (including phenoxy) is 1. The minimum atomic E-state index is -3.60. The average molecular weight is 415 g/mol. The van der Waals surface area contributed by atoms with Gasteiger partial charge in [0.05, 0.1) is 12.0 Å². The Morgan fingerprint density at radius 1 is 1.10 bits per heavy atom. The first kappa shape index (κ1) is 19.9. The van der Waals surface area contributed by atoms with Gasteiger partial charge in [0, 0.05) is 24.2 Å². The van der Waals surface area contributed by atoms with Gasteiger partial charge in [-0.15, -0.1) is 0 Å². The fourth-order valence-corrected chi connectivity index (χ4v) is 4.65. The Morgan fingerprint density at radius 2 is 1.79 bits per heavy atom. The number of nitrogens with one attached hydrogen (secondary N) is 1. The van der Waals surface area contributed by atoms with Gasteiger partial charge in [-0.05, 0) is 68.0 Å². The van der Waals surface area contributed by atoms with E-state index in [9.17, 15) is 13.2 Å². The van der Waals surface area contributed by atoms with Crippen LogP contribution in [0.15, 0.2) is 47.4 Å². The molecular weight excluding hydrogens is 388 g/mol. The zero-order chi connectivity index (χ0) is 20.6. The van der Waals surface area contributed by atoms with Crippen molar-refractivity contribution in [3.05, 3.63) is 59.2 Å². The Morgan fingerprint density at radius 3 is 2.38 bits per heavy atom. The molecule has 1 amide bonds. The zero-order valence-corrected chi connectivity index (χ0v) is 17.5. The van der Waals surface area contributed by atoms with E-state index >= 15 is 0 Å². The van der Waals surface area contributed by atoms with Gasteiger partial charge in [-0.1, -0.05) is 18.2 Å². The summed E-state index contributed by atoms with van der Waals surface area (Å²) in [5, 5.41) is 0. The number of hydrogen-bond donors (Lipinski definition) is 1. The van der Waals surface area contributed by atoms with Gasteiger partial charge in [-0.3, -0.25) is 4.79 Å². The fraction of sp³-hybridized carbons (Fsp3) is 0.409. The van der Waals surface area contributed by atoms with E-state index in [1.807, 2.05) is 36.1 Å². The van der Waals surface area contributed by atoms with Crippen LogP contribution in [0.2, 0.25) is 0 Å². The highest BCUT2D eigenvalue weighted by Gasteiger charge is 2.34. The number of carbonyl (C=O) groups excluding carboxylic acids is 1. The second-order valence-corrected chi connectivity index (χ2v) is 9.60. The van der Waals surface area contributed by atoms with Crippen LogP contribution in [-0.4, -0.2) is 38.4 Å². The number of nitrogens with zero attached hydrogens (tertiary/aromatic N) is 1. The highest BCUT2D eigenvalue weighted by Crippen LogP contribution is 2.31. The molecule has 0 aliphatic heterocycles. The van der Waals surface area contributed by atoms with Crippen molar-refractivity contribution in [2.75, 3.05) is 7.11 Å². The van der Waals surface area contributed by atoms with Crippen molar-refractivity contribution in [2.45, 2.75) is 56.1 Å². The third-order valence-electron chi connectivity index (χ3n) is 5.41. The largest absolute Gasteiger partial charge is 0.497 e. The van der Waals surface area contributed by atoms with Gasteiger partial charge >= 0.3 is 0 Å². The molecule has 0 spiro atoms. The van der Waals surface area contributed by atoms with Crippen molar-refractivity contribution < 1.29 is 17.9 Å². The lowest BCUT2D eigenvalue weighted by Gasteiger charge is -2.24. The molecule has 6 nitrogen and oxygen atoms in total. The first-order chi connectivity index (χ1) is 13.9. The molecule has 2 aromatic rings. The molecule has 0 atom stereocenters. The van der Waals surface area contributed by atoms with Crippen LogP contribution in [-0.2, 0) is 16.6 Å². The number of methoxy groups -OCH3 is 1. The number of benzene rings is 2. The van der Waals surface area contributed by atoms with Gasteiger partial charge in [0.2, 0.25) is 10.0 Å². The van der Waals surface area contributed by atoms with Crippen LogP contribution in [0.25, 0.3) is 0 Å². The van der Waals surface area contributed by atoms with E-state index in [4.69, 9.17) is 4.74 Å². The van der Waals surface area contributed by atoms with Crippen LogP contribution in [0.1, 0.15) is 47.2 Å². The molecule has 0 unspecified atom stereocenters. The number of hydrogen-bond acceptors (Lipinski definition) is 4. The average Bonchev–Trinajstić information content (AvgIpc) is 3.61. The van der Waals surface area contributed by atoms with Crippen LogP contribution in [0.5, 0.6) is 5.75 Å². The second kappa shape index (κ2) is 7.80. The Bertz CT molecular complexity index is 1010. The van der Waals surface area contributed by atoms with Gasteiger partial charge in [-0.25, -0.2) is 13.1 Å². The molecule has 0 bridgehead atoms. The molecule has 0 saturated heterocycles. The molecule has 1 N–H and O–H groups in total. The molecule has 2 aromatic carbocycles. The van der Waals surface area contributed by atoms with E-state index in [-0.39, 0.29) is 22.9 Å². The summed E-state index contributed by atoms with van der Waals surface area (Å²) in [5.74, 6) is 0.652. The highest BCUT2D eigenvalue weighted by molar-refractivity contribution is 7.89. The van der Waals surface area contributed by atoms with E-state index < -0.39 is 10.0 Å². The Labute approximate surface area is 171 Å². The van der Waals surface area contributed by atoms with Crippen LogP contribution in [0.4, 0.5) is 0 Å². The lowest BCUT2D eigenvalue weighted by Crippen LogP contribution is -2.33. The summed E-state index contributed by atoms with van der Waals surface area (Å²) in [6.07, 6.45) is 3.69. The third-order valence-corrected chi connectivity index (χ3v) is 6.93. The predicted octanol–water partition coefficient (Wildman–Crippen LogP) is 3.25. The molecular formula is C22H26N2O4S. The molecule has 7 heteroatoms. The zero-order valence-electron chi connectivity index (χ0n) is 16.7. The topological polar surface area (TPSA) is 75.7 Å². The molecule has 2 saturated carbocycles. The number of sulfonamides is 1. The van der Waals surface area contributed by atoms with Crippen LogP contribution in [0, 0.1) is 6.92 Å². The number of amides is 1. The highest BCUT2D eigenvalue weighted by atomic mass is 32.2. The fourth-order valence-electron chi connectivity index (χ4n) is 3.32. The predicted molar refractivity (Wildman–Crippen MR) is 110 cm³/mol. The number of rotatable bonds is 8. The standard InChI is InChI=1S/C22H26N2O4S/c1-15-3-12-20(29(26,27)23-17-6-7-17)13-21(15)22(25)24(18-8-9-18)14-16-4-10-19(28-2)11-5-16/h3-5,10-13,17-18,23H,6-9,14H2,1-2H3. The van der Waals surface area contributed by atoms with E-state index in [2.05, 4.69) is 4.72 Å². The molecule has 2 aliphatic carbocycles. The summed E-state index contributed by atoms with van der Waals surface area (Å²) >= 11 is 0. The van der Waals surface area contributed by atoms with Crippen LogP contribution < -0.4 is 9.46 Å². The molecule has 2 fully saturated rings. The van der Waals surface area contributed by atoms with Crippen molar-refractivity contribution in [3.8, 4) is 5.75 Å². The van der Waals surface area contributed by atoms with Gasteiger partial charge in [0.15, 0.2) is 0 Å². The normalized spacial score (nSPS) is 16.5. The summed E-state index contributed by atoms with van der Waals surface area (Å²) in [5.41, 5.74) is 2.24. The summed E-state index contributed by atoms with van der Waals surface area (Å²) in [4.78, 5) is 15.4. The number of carbonyl (C=O) groups is 1. The molecule has 0 radical (unpaired) electrons. The van der Waals surface area contributed by atoms with Crippen molar-refractivity contribution in [3.63, 3.8) is 0 Å². The van der Waals surface area contributed by atoms with Crippen molar-refractivity contribution >= 4 is 15.9 Å². The molecule has 0 aromatic heterocycles. The summed E-state index contributed by atoms with van der Waals surface area (Å²) in [6, 6.07) is 12.7. The smallest absolute Gasteiger partial charge is 0.254 e. The maximum Gasteiger partial charge on any atom is 0.254 e. The van der Waals surface area contributed by atoms with Gasteiger partial charge in [-0.2, -0.15) is 0 Å². The monoisotopic (exact) mass is 414 g/mol. The SMILES string of the molecule is COc1ccc(CN(C(=O)c2cc(S(=O)(=O)NC3CC3)ccc2C)C2CC2)cc1. The maximum atomic E-state index is 13.4. The van der Waals surface area contributed by atoms with E-state index in [0.717, 1.165) is 42.6 Å². The minimum Gasteiger partial charge on any atom is -0.497 e. The lowest BCUT2D eigenvalue weighted by molar-refractivity contribution is 0.0729. The molecule has 154 valence electrons. The van der Waals surface area contributed by atoms with E-state index in [1.165, 1.54) is 6.07 Å². The van der Waals surface area contributed by atoms with Gasteiger partial charge in [0.25, 0.3) is 5.91 Å². The Hall–Kier alpha value is -2.38. The molecule has 29 heavy (non-hydrogen) atoms. The number of aryl methyl sites for hydroxylation is 1. The lowest BCUT2D eigenvalue weighted by atomic mass is 10.1. The first-order valence-corrected chi connectivity index (χ1v) is 11.4. The summed E-state index contributed by atoms with van der Waals surface area (Å²) < 4.78 is 33.1. The van der Waals surface area contributed by atoms with Gasteiger partial charge in [0.1, 0.15) is 5.75 Å². The van der Waals surface area contributed by atoms with E-state index in [1.54, 1.807) is 19.2 Å². The van der Waals surface area contributed by atoms with Crippen molar-refractivity contribution in [1.29, 1.82) is 0 Å². The molecule has 2 aliphatic rings. The maximum absolute atomic E-state index is 13.4. The summed E-state index contributed by atoms with van der Waals surface area (Å²) in [7, 11) is -1.98. The minimum absolute atomic E-state index is 0.0264. The van der Waals surface area contributed by atoms with Crippen LogP contribution >= 0.6 is 0 Å². The summed E-state index contributed by atoms with van der Waals surface area (Å²) in [6.45, 7) is 2.33.